The van der Waals surface area contributed by atoms with E-state index >= 15 is 0 Å². The van der Waals surface area contributed by atoms with E-state index in [2.05, 4.69) is 4.98 Å². The van der Waals surface area contributed by atoms with Crippen molar-refractivity contribution >= 4 is 11.6 Å². The molecule has 1 aromatic heterocycles. The molecule has 2 heterocycles. The maximum Gasteiger partial charge on any atom is 0.430 e. The molecule has 1 atom stereocenters. The van der Waals surface area contributed by atoms with Crippen molar-refractivity contribution in [3.63, 3.8) is 0 Å². The zero-order valence-electron chi connectivity index (χ0n) is 20.6. The van der Waals surface area contributed by atoms with Gasteiger partial charge >= 0.3 is 12.4 Å². The molecule has 0 saturated heterocycles. The van der Waals surface area contributed by atoms with Gasteiger partial charge < -0.3 is 19.5 Å². The highest BCUT2D eigenvalue weighted by Crippen LogP contribution is 2.50. The average molecular weight is 554 g/mol. The van der Waals surface area contributed by atoms with Gasteiger partial charge in [0, 0.05) is 29.2 Å². The normalized spacial score (nSPS) is 16.3. The third kappa shape index (κ3) is 5.80. The summed E-state index contributed by atoms with van der Waals surface area (Å²) in [6.07, 6.45) is -11.2. The quantitative estimate of drug-likeness (QED) is 0.415. The molecule has 208 valence electrons. The molecular formula is C27H24F6N2O4. The van der Waals surface area contributed by atoms with Crippen LogP contribution in [0.25, 0.3) is 0 Å². The molecule has 1 amide bonds. The summed E-state index contributed by atoms with van der Waals surface area (Å²) in [6, 6.07) is 13.8. The molecule has 3 aromatic rings. The molecule has 0 unspecified atom stereocenters. The van der Waals surface area contributed by atoms with Crippen molar-refractivity contribution in [3.05, 3.63) is 83.7 Å². The number of amides is 1. The number of methoxy groups -OCH3 is 1. The van der Waals surface area contributed by atoms with Crippen molar-refractivity contribution < 1.29 is 45.7 Å². The van der Waals surface area contributed by atoms with E-state index in [-0.39, 0.29) is 37.1 Å². The van der Waals surface area contributed by atoms with Crippen LogP contribution in [-0.2, 0) is 23.2 Å². The molecule has 0 radical (unpaired) electrons. The Hall–Kier alpha value is -3.80. The van der Waals surface area contributed by atoms with Crippen LogP contribution in [0.1, 0.15) is 23.2 Å². The van der Waals surface area contributed by atoms with Crippen molar-refractivity contribution in [2.24, 2.45) is 0 Å². The molecule has 0 spiro atoms. The number of nitrogens with zero attached hydrogens (tertiary/aromatic N) is 2. The number of carbonyl (C=O) groups excluding carboxylic acids is 1. The predicted molar refractivity (Wildman–Crippen MR) is 128 cm³/mol. The average Bonchev–Trinajstić information content (AvgIpc) is 3.06. The van der Waals surface area contributed by atoms with E-state index in [1.807, 2.05) is 0 Å². The first kappa shape index (κ1) is 28.2. The molecule has 12 heteroatoms. The van der Waals surface area contributed by atoms with Gasteiger partial charge in [-0.25, -0.2) is 0 Å². The summed E-state index contributed by atoms with van der Waals surface area (Å²) in [5, 5.41) is 9.92. The lowest BCUT2D eigenvalue weighted by Gasteiger charge is -2.33. The molecule has 1 N–H and O–H groups in total. The van der Waals surface area contributed by atoms with Gasteiger partial charge in [-0.3, -0.25) is 9.78 Å². The number of fused-ring (bicyclic) bond motifs is 1. The number of aromatic nitrogens is 1. The van der Waals surface area contributed by atoms with Gasteiger partial charge in [0.2, 0.25) is 5.91 Å². The molecule has 0 fully saturated rings. The molecule has 6 nitrogen and oxygen atoms in total. The molecule has 0 saturated carbocycles. The van der Waals surface area contributed by atoms with Gasteiger partial charge in [-0.2, -0.15) is 26.3 Å². The smallest absolute Gasteiger partial charge is 0.430 e. The topological polar surface area (TPSA) is 71.9 Å². The number of alkyl halides is 6. The Kier molecular flexibility index (Phi) is 7.78. The first-order chi connectivity index (χ1) is 18.3. The first-order valence-electron chi connectivity index (χ1n) is 11.8. The molecule has 1 aliphatic rings. The number of aliphatic hydroxyl groups is 1. The SMILES string of the molecule is COc1cccc(O[C@H]2CCc3cc(C(O)(C(F)(F)F)C(F)(F)F)ccc3N(C(=O)Cc3ccccn3)C2)c1. The van der Waals surface area contributed by atoms with Crippen LogP contribution in [0.5, 0.6) is 11.5 Å². The summed E-state index contributed by atoms with van der Waals surface area (Å²) in [7, 11) is 1.47. The zero-order valence-corrected chi connectivity index (χ0v) is 20.6. The number of ether oxygens (including phenoxy) is 2. The molecule has 0 bridgehead atoms. The lowest BCUT2D eigenvalue weighted by Crippen LogP contribution is -2.54. The second-order valence-corrected chi connectivity index (χ2v) is 9.01. The van der Waals surface area contributed by atoms with Crippen LogP contribution in [0.15, 0.2) is 66.9 Å². The van der Waals surface area contributed by atoms with E-state index in [1.165, 1.54) is 18.2 Å². The zero-order chi connectivity index (χ0) is 28.4. The van der Waals surface area contributed by atoms with Gasteiger partial charge in [-0.15, -0.1) is 0 Å². The van der Waals surface area contributed by atoms with Gasteiger partial charge in [0.1, 0.15) is 17.6 Å². The summed E-state index contributed by atoms with van der Waals surface area (Å²) in [4.78, 5) is 18.8. The van der Waals surface area contributed by atoms with Crippen LogP contribution in [0.4, 0.5) is 32.0 Å². The Morgan fingerprint density at radius 2 is 1.72 bits per heavy atom. The Bertz CT molecular complexity index is 1300. The number of halogens is 6. The van der Waals surface area contributed by atoms with Gasteiger partial charge in [-0.05, 0) is 48.7 Å². The minimum Gasteiger partial charge on any atom is -0.497 e. The van der Waals surface area contributed by atoms with Crippen LogP contribution in [0.3, 0.4) is 0 Å². The summed E-state index contributed by atoms with van der Waals surface area (Å²) in [5.74, 6) is 0.438. The summed E-state index contributed by atoms with van der Waals surface area (Å²) in [6.45, 7) is -0.0297. The first-order valence-corrected chi connectivity index (χ1v) is 11.8. The number of hydrogen-bond donors (Lipinski definition) is 1. The second kappa shape index (κ2) is 10.8. The minimum atomic E-state index is -6.03. The lowest BCUT2D eigenvalue weighted by atomic mass is 9.89. The minimum absolute atomic E-state index is 0.0169. The number of hydrogen-bond acceptors (Lipinski definition) is 5. The fraction of sp³-hybridized carbons (Fsp3) is 0.333. The Morgan fingerprint density at radius 1 is 1.00 bits per heavy atom. The maximum atomic E-state index is 13.5. The van der Waals surface area contributed by atoms with E-state index in [0.717, 1.165) is 6.07 Å². The highest BCUT2D eigenvalue weighted by molar-refractivity contribution is 5.95. The molecule has 2 aromatic carbocycles. The van der Waals surface area contributed by atoms with Crippen molar-refractivity contribution in [3.8, 4) is 11.5 Å². The summed E-state index contributed by atoms with van der Waals surface area (Å²) in [5.41, 5.74) is -5.88. The van der Waals surface area contributed by atoms with E-state index < -0.39 is 35.5 Å². The highest BCUT2D eigenvalue weighted by Gasteiger charge is 2.71. The van der Waals surface area contributed by atoms with Crippen LogP contribution in [0, 0.1) is 0 Å². The van der Waals surface area contributed by atoms with Gasteiger partial charge in [-0.1, -0.05) is 24.3 Å². The van der Waals surface area contributed by atoms with E-state index in [1.54, 1.807) is 42.5 Å². The van der Waals surface area contributed by atoms with Crippen LogP contribution >= 0.6 is 0 Å². The Labute approximate surface area is 219 Å². The fourth-order valence-corrected chi connectivity index (χ4v) is 4.42. The molecule has 39 heavy (non-hydrogen) atoms. The number of carbonyl (C=O) groups is 1. The van der Waals surface area contributed by atoms with Gasteiger partial charge in [0.15, 0.2) is 0 Å². The number of anilines is 1. The monoisotopic (exact) mass is 554 g/mol. The predicted octanol–water partition coefficient (Wildman–Crippen LogP) is 5.37. The highest BCUT2D eigenvalue weighted by atomic mass is 19.4. The van der Waals surface area contributed by atoms with Crippen LogP contribution in [0.2, 0.25) is 0 Å². The summed E-state index contributed by atoms with van der Waals surface area (Å²) >= 11 is 0. The Balaban J connectivity index is 1.73. The standard InChI is InChI=1S/C27H24F6N2O4/c1-38-20-6-4-7-21(15-20)39-22-10-8-17-13-18(25(37,26(28,29)30)27(31,32)33)9-11-23(17)35(16-22)24(36)14-19-5-2-3-12-34-19/h2-7,9,11-13,15,22,37H,8,10,14,16H2,1H3/t22-/m0/s1. The van der Waals surface area contributed by atoms with Crippen LogP contribution in [-0.4, -0.2) is 48.1 Å². The number of rotatable bonds is 6. The number of benzene rings is 2. The molecule has 0 aliphatic carbocycles. The van der Waals surface area contributed by atoms with Gasteiger partial charge in [0.25, 0.3) is 5.60 Å². The largest absolute Gasteiger partial charge is 0.497 e. The second-order valence-electron chi connectivity index (χ2n) is 9.01. The maximum absolute atomic E-state index is 13.5. The van der Waals surface area contributed by atoms with E-state index in [4.69, 9.17) is 9.47 Å². The number of pyridine rings is 1. The third-order valence-electron chi connectivity index (χ3n) is 6.43. The third-order valence-corrected chi connectivity index (χ3v) is 6.43. The fourth-order valence-electron chi connectivity index (χ4n) is 4.42. The van der Waals surface area contributed by atoms with E-state index in [9.17, 15) is 36.2 Å². The lowest BCUT2D eigenvalue weighted by molar-refractivity contribution is -0.376. The summed E-state index contributed by atoms with van der Waals surface area (Å²) < 4.78 is 92.5. The molecule has 4 rings (SSSR count). The molecule has 1 aliphatic heterocycles. The number of aryl methyl sites for hydroxylation is 1. The van der Waals surface area contributed by atoms with Gasteiger partial charge in [0.05, 0.1) is 20.1 Å². The van der Waals surface area contributed by atoms with Crippen LogP contribution < -0.4 is 14.4 Å². The van der Waals surface area contributed by atoms with Crippen molar-refractivity contribution in [2.75, 3.05) is 18.6 Å². The van der Waals surface area contributed by atoms with Crippen molar-refractivity contribution in [1.29, 1.82) is 0 Å². The Morgan fingerprint density at radius 3 is 2.36 bits per heavy atom. The van der Waals surface area contributed by atoms with E-state index in [0.29, 0.717) is 29.3 Å². The van der Waals surface area contributed by atoms with Crippen molar-refractivity contribution in [2.45, 2.75) is 43.3 Å². The molecular weight excluding hydrogens is 530 g/mol. The van der Waals surface area contributed by atoms with Crippen molar-refractivity contribution in [1.82, 2.24) is 4.98 Å².